The summed E-state index contributed by atoms with van der Waals surface area (Å²) in [5.74, 6) is 0.526. The van der Waals surface area contributed by atoms with E-state index < -0.39 is 5.54 Å². The third-order valence-electron chi connectivity index (χ3n) is 3.98. The molecule has 1 rings (SSSR count). The van der Waals surface area contributed by atoms with Crippen LogP contribution in [-0.2, 0) is 14.3 Å². The van der Waals surface area contributed by atoms with E-state index in [1.54, 1.807) is 0 Å². The van der Waals surface area contributed by atoms with Gasteiger partial charge in [0.15, 0.2) is 0 Å². The minimum atomic E-state index is -0.625. The molecule has 0 saturated heterocycles. The van der Waals surface area contributed by atoms with Crippen molar-refractivity contribution in [2.24, 2.45) is 5.92 Å². The smallest absolute Gasteiger partial charge is 0.325 e. The molecule has 0 aromatic heterocycles. The van der Waals surface area contributed by atoms with Crippen molar-refractivity contribution in [2.45, 2.75) is 57.9 Å². The zero-order chi connectivity index (χ0) is 14.1. The first-order valence-corrected chi connectivity index (χ1v) is 7.53. The van der Waals surface area contributed by atoms with Gasteiger partial charge >= 0.3 is 5.97 Å². The van der Waals surface area contributed by atoms with Gasteiger partial charge in [0.05, 0.1) is 7.11 Å². The fourth-order valence-electron chi connectivity index (χ4n) is 2.59. The fourth-order valence-corrected chi connectivity index (χ4v) is 2.59. The fraction of sp³-hybridized carbons (Fsp3) is 0.933. The molecule has 1 aliphatic rings. The molecule has 1 atom stereocenters. The highest BCUT2D eigenvalue weighted by atomic mass is 16.5. The Kier molecular flexibility index (Phi) is 7.39. The van der Waals surface area contributed by atoms with Gasteiger partial charge in [0.2, 0.25) is 0 Å². The van der Waals surface area contributed by atoms with E-state index in [4.69, 9.17) is 9.47 Å². The van der Waals surface area contributed by atoms with Crippen LogP contribution in [0.3, 0.4) is 0 Å². The summed E-state index contributed by atoms with van der Waals surface area (Å²) in [6, 6.07) is 0. The predicted octanol–water partition coefficient (Wildman–Crippen LogP) is 2.51. The molecule has 19 heavy (non-hydrogen) atoms. The monoisotopic (exact) mass is 271 g/mol. The second-order valence-electron chi connectivity index (χ2n) is 5.73. The highest BCUT2D eigenvalue weighted by Gasteiger charge is 2.33. The summed E-state index contributed by atoms with van der Waals surface area (Å²) in [6.45, 7) is 6.24. The Morgan fingerprint density at radius 3 is 2.63 bits per heavy atom. The summed E-state index contributed by atoms with van der Waals surface area (Å²) >= 11 is 0. The van der Waals surface area contributed by atoms with Crippen molar-refractivity contribution in [1.82, 2.24) is 5.32 Å². The first-order valence-electron chi connectivity index (χ1n) is 7.53. The van der Waals surface area contributed by atoms with E-state index in [1.807, 2.05) is 6.92 Å². The molecule has 1 saturated carbocycles. The maximum Gasteiger partial charge on any atom is 0.325 e. The second kappa shape index (κ2) is 8.54. The molecular formula is C15H29NO3. The van der Waals surface area contributed by atoms with Gasteiger partial charge in [-0.25, -0.2) is 0 Å². The van der Waals surface area contributed by atoms with Crippen LogP contribution in [0.25, 0.3) is 0 Å². The van der Waals surface area contributed by atoms with Crippen LogP contribution in [0.2, 0.25) is 0 Å². The summed E-state index contributed by atoms with van der Waals surface area (Å²) in [5, 5.41) is 3.27. The number of carbonyl (C=O) groups is 1. The minimum Gasteiger partial charge on any atom is -0.468 e. The number of methoxy groups -OCH3 is 1. The molecule has 0 spiro atoms. The standard InChI is InChI=1S/C15H29NO3/c1-4-10-16-15(2,14(17)18-3)9-11-19-12-13-7-5-6-8-13/h13,16H,4-12H2,1-3H3. The van der Waals surface area contributed by atoms with Crippen molar-refractivity contribution in [3.05, 3.63) is 0 Å². The molecule has 0 aromatic rings. The van der Waals surface area contributed by atoms with Crippen molar-refractivity contribution >= 4 is 5.97 Å². The van der Waals surface area contributed by atoms with E-state index in [1.165, 1.54) is 32.8 Å². The highest BCUT2D eigenvalue weighted by molar-refractivity contribution is 5.80. The molecule has 1 unspecified atom stereocenters. The van der Waals surface area contributed by atoms with E-state index in [0.29, 0.717) is 13.0 Å². The molecule has 0 heterocycles. The zero-order valence-corrected chi connectivity index (χ0v) is 12.7. The average molecular weight is 271 g/mol. The lowest BCUT2D eigenvalue weighted by Crippen LogP contribution is -2.51. The van der Waals surface area contributed by atoms with E-state index in [9.17, 15) is 4.79 Å². The highest BCUT2D eigenvalue weighted by Crippen LogP contribution is 2.25. The SMILES string of the molecule is CCCNC(C)(CCOCC1CCCC1)C(=O)OC. The van der Waals surface area contributed by atoms with Crippen LogP contribution in [0, 0.1) is 5.92 Å². The normalized spacial score (nSPS) is 19.3. The number of esters is 1. The van der Waals surface area contributed by atoms with Gasteiger partial charge in [-0.1, -0.05) is 19.8 Å². The minimum absolute atomic E-state index is 0.203. The van der Waals surface area contributed by atoms with Crippen LogP contribution in [0.5, 0.6) is 0 Å². The predicted molar refractivity (Wildman–Crippen MR) is 76.1 cm³/mol. The van der Waals surface area contributed by atoms with Crippen LogP contribution < -0.4 is 5.32 Å². The van der Waals surface area contributed by atoms with Gasteiger partial charge in [-0.2, -0.15) is 0 Å². The van der Waals surface area contributed by atoms with Crippen molar-refractivity contribution in [3.8, 4) is 0 Å². The number of hydrogen-bond acceptors (Lipinski definition) is 4. The van der Waals surface area contributed by atoms with Gasteiger partial charge in [0, 0.05) is 13.2 Å². The van der Waals surface area contributed by atoms with Crippen molar-refractivity contribution in [2.75, 3.05) is 26.9 Å². The number of carbonyl (C=O) groups excluding carboxylic acids is 1. The Balaban J connectivity index is 2.28. The van der Waals surface area contributed by atoms with E-state index in [2.05, 4.69) is 12.2 Å². The molecule has 1 fully saturated rings. The van der Waals surface area contributed by atoms with Crippen molar-refractivity contribution in [3.63, 3.8) is 0 Å². The van der Waals surface area contributed by atoms with E-state index in [-0.39, 0.29) is 5.97 Å². The Morgan fingerprint density at radius 1 is 1.37 bits per heavy atom. The lowest BCUT2D eigenvalue weighted by atomic mass is 9.98. The Bertz CT molecular complexity index is 264. The van der Waals surface area contributed by atoms with Gasteiger partial charge in [0.25, 0.3) is 0 Å². The quantitative estimate of drug-likeness (QED) is 0.517. The zero-order valence-electron chi connectivity index (χ0n) is 12.7. The van der Waals surface area contributed by atoms with Crippen molar-refractivity contribution < 1.29 is 14.3 Å². The molecule has 4 heteroatoms. The van der Waals surface area contributed by atoms with Crippen LogP contribution in [0.1, 0.15) is 52.4 Å². The van der Waals surface area contributed by atoms with Gasteiger partial charge in [-0.15, -0.1) is 0 Å². The summed E-state index contributed by atoms with van der Waals surface area (Å²) in [6.07, 6.45) is 6.92. The molecule has 4 nitrogen and oxygen atoms in total. The molecule has 0 amide bonds. The van der Waals surface area contributed by atoms with E-state index in [0.717, 1.165) is 25.5 Å². The van der Waals surface area contributed by atoms with Gasteiger partial charge in [-0.3, -0.25) is 4.79 Å². The topological polar surface area (TPSA) is 47.6 Å². The summed E-state index contributed by atoms with van der Waals surface area (Å²) in [4.78, 5) is 11.8. The lowest BCUT2D eigenvalue weighted by Gasteiger charge is -2.28. The number of rotatable bonds is 9. The first-order chi connectivity index (χ1) is 9.12. The summed E-state index contributed by atoms with van der Waals surface area (Å²) in [5.41, 5.74) is -0.625. The molecule has 0 radical (unpaired) electrons. The van der Waals surface area contributed by atoms with Gasteiger partial charge in [-0.05, 0) is 45.1 Å². The molecule has 1 N–H and O–H groups in total. The molecule has 0 bridgehead atoms. The lowest BCUT2D eigenvalue weighted by molar-refractivity contribution is -0.148. The summed E-state index contributed by atoms with van der Waals surface area (Å²) in [7, 11) is 1.44. The number of hydrogen-bond donors (Lipinski definition) is 1. The van der Waals surface area contributed by atoms with Gasteiger partial charge < -0.3 is 14.8 Å². The molecule has 0 aromatic carbocycles. The Morgan fingerprint density at radius 2 is 2.05 bits per heavy atom. The largest absolute Gasteiger partial charge is 0.468 e. The number of nitrogens with one attached hydrogen (secondary N) is 1. The Hall–Kier alpha value is -0.610. The van der Waals surface area contributed by atoms with E-state index >= 15 is 0 Å². The number of ether oxygens (including phenoxy) is 2. The molecule has 0 aliphatic heterocycles. The molecule has 112 valence electrons. The Labute approximate surface area is 117 Å². The van der Waals surface area contributed by atoms with Crippen LogP contribution in [0.15, 0.2) is 0 Å². The molecule has 1 aliphatic carbocycles. The van der Waals surface area contributed by atoms with Crippen LogP contribution in [-0.4, -0.2) is 38.4 Å². The first kappa shape index (κ1) is 16.4. The van der Waals surface area contributed by atoms with Gasteiger partial charge in [0.1, 0.15) is 5.54 Å². The molecular weight excluding hydrogens is 242 g/mol. The third-order valence-corrected chi connectivity index (χ3v) is 3.98. The maximum atomic E-state index is 11.8. The van der Waals surface area contributed by atoms with Crippen molar-refractivity contribution in [1.29, 1.82) is 0 Å². The third kappa shape index (κ3) is 5.49. The summed E-state index contributed by atoms with van der Waals surface area (Å²) < 4.78 is 10.6. The van der Waals surface area contributed by atoms with Crippen LogP contribution >= 0.6 is 0 Å². The average Bonchev–Trinajstić information content (AvgIpc) is 2.93. The second-order valence-corrected chi connectivity index (χ2v) is 5.73. The van der Waals surface area contributed by atoms with Crippen LogP contribution in [0.4, 0.5) is 0 Å². The maximum absolute atomic E-state index is 11.8.